The second-order valence-electron chi connectivity index (χ2n) is 6.25. The van der Waals surface area contributed by atoms with E-state index in [1.165, 1.54) is 41.3 Å². The molecule has 0 spiro atoms. The van der Waals surface area contributed by atoms with Gasteiger partial charge in [0.1, 0.15) is 17.7 Å². The number of carbonyl (C=O) groups excluding carboxylic acids is 1. The summed E-state index contributed by atoms with van der Waals surface area (Å²) in [6.07, 6.45) is 7.90. The molecule has 1 aliphatic carbocycles. The Bertz CT molecular complexity index is 916. The van der Waals surface area contributed by atoms with Crippen LogP contribution in [0.4, 0.5) is 0 Å². The van der Waals surface area contributed by atoms with E-state index in [1.807, 2.05) is 6.92 Å². The number of carbonyl (C=O) groups is 1. The van der Waals surface area contributed by atoms with Gasteiger partial charge in [-0.05, 0) is 48.6 Å². The lowest BCUT2D eigenvalue weighted by Crippen LogP contribution is -2.27. The van der Waals surface area contributed by atoms with E-state index in [0.717, 1.165) is 24.4 Å². The second-order valence-corrected chi connectivity index (χ2v) is 6.25. The molecular weight excluding hydrogens is 334 g/mol. The highest BCUT2D eigenvalue weighted by molar-refractivity contribution is 5.96. The molecule has 0 bridgehead atoms. The molecule has 3 aromatic rings. The maximum Gasteiger partial charge on any atom is 0.256 e. The monoisotopic (exact) mass is 353 g/mol. The summed E-state index contributed by atoms with van der Waals surface area (Å²) in [5.41, 5.74) is 3.90. The van der Waals surface area contributed by atoms with Gasteiger partial charge in [0, 0.05) is 24.4 Å². The van der Waals surface area contributed by atoms with E-state index in [4.69, 9.17) is 0 Å². The van der Waals surface area contributed by atoms with Crippen molar-refractivity contribution in [3.8, 4) is 5.82 Å². The number of aryl methyl sites for hydroxylation is 2. The summed E-state index contributed by atoms with van der Waals surface area (Å²) in [5, 5.41) is 20.4. The van der Waals surface area contributed by atoms with Gasteiger partial charge in [0.25, 0.3) is 5.91 Å². The number of rotatable bonds is 5. The third-order valence-corrected chi connectivity index (χ3v) is 4.51. The summed E-state index contributed by atoms with van der Waals surface area (Å²) in [6, 6.07) is 0. The fraction of sp³-hybridized carbons (Fsp3) is 0.438. The molecule has 4 rings (SSSR count). The zero-order valence-corrected chi connectivity index (χ0v) is 14.4. The molecule has 0 saturated heterocycles. The topological polar surface area (TPSA) is 127 Å². The Kier molecular flexibility index (Phi) is 4.38. The first-order valence-corrected chi connectivity index (χ1v) is 8.62. The largest absolute Gasteiger partial charge is 0.351 e. The van der Waals surface area contributed by atoms with Gasteiger partial charge in [-0.15, -0.1) is 5.10 Å². The van der Waals surface area contributed by atoms with Crippen molar-refractivity contribution in [2.75, 3.05) is 6.54 Å². The normalized spacial score (nSPS) is 13.4. The summed E-state index contributed by atoms with van der Waals surface area (Å²) in [5.74, 6) is 0.948. The predicted molar refractivity (Wildman–Crippen MR) is 90.7 cm³/mol. The van der Waals surface area contributed by atoms with E-state index in [1.54, 1.807) is 0 Å². The van der Waals surface area contributed by atoms with Gasteiger partial charge in [0.2, 0.25) is 0 Å². The second kappa shape index (κ2) is 6.98. The van der Waals surface area contributed by atoms with Crippen LogP contribution in [0.15, 0.2) is 12.5 Å². The van der Waals surface area contributed by atoms with E-state index < -0.39 is 0 Å². The van der Waals surface area contributed by atoms with Crippen molar-refractivity contribution in [3.63, 3.8) is 0 Å². The molecule has 1 aliphatic rings. The minimum absolute atomic E-state index is 0.251. The minimum Gasteiger partial charge on any atom is -0.351 e. The van der Waals surface area contributed by atoms with Crippen LogP contribution in [0.3, 0.4) is 0 Å². The Morgan fingerprint density at radius 2 is 2.19 bits per heavy atom. The van der Waals surface area contributed by atoms with Crippen molar-refractivity contribution in [2.24, 2.45) is 0 Å². The fourth-order valence-corrected chi connectivity index (χ4v) is 3.22. The van der Waals surface area contributed by atoms with Gasteiger partial charge in [0.05, 0.1) is 6.20 Å². The number of H-pyrrole nitrogens is 1. The van der Waals surface area contributed by atoms with Crippen LogP contribution < -0.4 is 5.32 Å². The molecule has 3 aromatic heterocycles. The number of aromatic nitrogens is 8. The summed E-state index contributed by atoms with van der Waals surface area (Å²) in [7, 11) is 0. The zero-order valence-electron chi connectivity index (χ0n) is 14.4. The Morgan fingerprint density at radius 3 is 3.04 bits per heavy atom. The molecule has 10 heteroatoms. The third-order valence-electron chi connectivity index (χ3n) is 4.51. The lowest BCUT2D eigenvalue weighted by atomic mass is 9.95. The average Bonchev–Trinajstić information content (AvgIpc) is 3.33. The van der Waals surface area contributed by atoms with E-state index in [9.17, 15) is 4.79 Å². The number of nitrogens with zero attached hydrogens (tertiary/aromatic N) is 7. The third kappa shape index (κ3) is 3.17. The SMILES string of the molecule is Cc1nc(CCNC(=O)c2cn[nH]c2-n2cnnn2)nc2c1CCCC2. The standard InChI is InChI=1S/C16H19N9O/c1-10-11-4-2-3-5-13(11)21-14(20-10)6-7-17-16(26)12-8-18-22-15(12)25-9-19-23-24-25/h8-9H,2-7H2,1H3,(H,17,26)(H,18,22). The molecule has 0 saturated carbocycles. The zero-order chi connectivity index (χ0) is 17.9. The first-order valence-electron chi connectivity index (χ1n) is 8.62. The van der Waals surface area contributed by atoms with Crippen molar-refractivity contribution in [2.45, 2.75) is 39.0 Å². The van der Waals surface area contributed by atoms with Crippen LogP contribution in [0.5, 0.6) is 0 Å². The van der Waals surface area contributed by atoms with Crippen molar-refractivity contribution in [3.05, 3.63) is 40.9 Å². The minimum atomic E-state index is -0.251. The Morgan fingerprint density at radius 1 is 1.31 bits per heavy atom. The molecule has 0 aromatic carbocycles. The molecule has 10 nitrogen and oxygen atoms in total. The van der Waals surface area contributed by atoms with Crippen LogP contribution >= 0.6 is 0 Å². The maximum absolute atomic E-state index is 12.4. The smallest absolute Gasteiger partial charge is 0.256 e. The van der Waals surface area contributed by atoms with Gasteiger partial charge in [-0.3, -0.25) is 9.89 Å². The number of fused-ring (bicyclic) bond motifs is 1. The van der Waals surface area contributed by atoms with E-state index in [-0.39, 0.29) is 5.91 Å². The highest BCUT2D eigenvalue weighted by atomic mass is 16.1. The molecule has 1 amide bonds. The van der Waals surface area contributed by atoms with Crippen LogP contribution in [0.1, 0.15) is 46.0 Å². The molecular formula is C16H19N9O. The molecule has 0 radical (unpaired) electrons. The Hall–Kier alpha value is -3.17. The van der Waals surface area contributed by atoms with Gasteiger partial charge in [-0.2, -0.15) is 9.78 Å². The first kappa shape index (κ1) is 16.3. The molecule has 134 valence electrons. The maximum atomic E-state index is 12.4. The van der Waals surface area contributed by atoms with Crippen LogP contribution in [0, 0.1) is 6.92 Å². The molecule has 0 fully saturated rings. The van der Waals surface area contributed by atoms with Gasteiger partial charge in [0.15, 0.2) is 5.82 Å². The number of nitrogens with one attached hydrogen (secondary N) is 2. The number of hydrogen-bond acceptors (Lipinski definition) is 7. The predicted octanol–water partition coefficient (Wildman–Crippen LogP) is 0.335. The summed E-state index contributed by atoms with van der Waals surface area (Å²) >= 11 is 0. The number of hydrogen-bond donors (Lipinski definition) is 2. The number of tetrazole rings is 1. The van der Waals surface area contributed by atoms with Gasteiger partial charge < -0.3 is 5.32 Å². The van der Waals surface area contributed by atoms with Crippen LogP contribution in [0.25, 0.3) is 5.82 Å². The van der Waals surface area contributed by atoms with E-state index in [2.05, 4.69) is 41.0 Å². The molecule has 0 atom stereocenters. The van der Waals surface area contributed by atoms with Crippen molar-refractivity contribution >= 4 is 5.91 Å². The molecule has 0 unspecified atom stereocenters. The van der Waals surface area contributed by atoms with Crippen molar-refractivity contribution in [1.82, 2.24) is 45.7 Å². The average molecular weight is 353 g/mol. The van der Waals surface area contributed by atoms with Gasteiger partial charge >= 0.3 is 0 Å². The summed E-state index contributed by atoms with van der Waals surface area (Å²) in [4.78, 5) is 21.7. The molecule has 26 heavy (non-hydrogen) atoms. The first-order chi connectivity index (χ1) is 12.7. The highest BCUT2D eigenvalue weighted by Crippen LogP contribution is 2.21. The van der Waals surface area contributed by atoms with E-state index >= 15 is 0 Å². The summed E-state index contributed by atoms with van der Waals surface area (Å²) in [6.45, 7) is 2.48. The molecule has 0 aliphatic heterocycles. The quantitative estimate of drug-likeness (QED) is 0.677. The summed E-state index contributed by atoms with van der Waals surface area (Å²) < 4.78 is 1.36. The molecule has 2 N–H and O–H groups in total. The van der Waals surface area contributed by atoms with E-state index in [0.29, 0.717) is 24.3 Å². The van der Waals surface area contributed by atoms with Gasteiger partial charge in [-0.25, -0.2) is 9.97 Å². The Balaban J connectivity index is 1.40. The fourth-order valence-electron chi connectivity index (χ4n) is 3.22. The lowest BCUT2D eigenvalue weighted by molar-refractivity contribution is 0.0954. The highest BCUT2D eigenvalue weighted by Gasteiger charge is 2.17. The van der Waals surface area contributed by atoms with Crippen LogP contribution in [-0.4, -0.2) is 52.8 Å². The van der Waals surface area contributed by atoms with Gasteiger partial charge in [-0.1, -0.05) is 0 Å². The molecule has 3 heterocycles. The number of aromatic amines is 1. The van der Waals surface area contributed by atoms with Crippen molar-refractivity contribution < 1.29 is 4.79 Å². The Labute approximate surface area is 149 Å². The van der Waals surface area contributed by atoms with Crippen LogP contribution in [0.2, 0.25) is 0 Å². The number of amides is 1. The van der Waals surface area contributed by atoms with Crippen LogP contribution in [-0.2, 0) is 19.3 Å². The van der Waals surface area contributed by atoms with Crippen molar-refractivity contribution in [1.29, 1.82) is 0 Å². The lowest BCUT2D eigenvalue weighted by Gasteiger charge is -2.17.